The molecule has 5 N–H and O–H groups in total. The molecule has 0 saturated carbocycles. The summed E-state index contributed by atoms with van der Waals surface area (Å²) in [5.41, 5.74) is 4.91. The molecule has 8 heteroatoms. The van der Waals surface area contributed by atoms with E-state index in [1.807, 2.05) is 4.98 Å². The molecule has 0 fully saturated rings. The van der Waals surface area contributed by atoms with E-state index in [1.165, 1.54) is 13.2 Å². The number of amides is 1. The quantitative estimate of drug-likeness (QED) is 0.582. The van der Waals surface area contributed by atoms with E-state index in [1.54, 1.807) is 12.1 Å². The number of H-pyrrole nitrogens is 2. The minimum atomic E-state index is -0.753. The van der Waals surface area contributed by atoms with Crippen LogP contribution in [0.5, 0.6) is 5.75 Å². The highest BCUT2D eigenvalue weighted by molar-refractivity contribution is 6.03. The molecule has 0 spiro atoms. The fourth-order valence-electron chi connectivity index (χ4n) is 1.60. The highest BCUT2D eigenvalue weighted by Gasteiger charge is 2.09. The Morgan fingerprint density at radius 2 is 2.00 bits per heavy atom. The van der Waals surface area contributed by atoms with E-state index < -0.39 is 17.2 Å². The normalized spacial score (nSPS) is 10.1. The van der Waals surface area contributed by atoms with Crippen LogP contribution in [0.4, 0.5) is 11.4 Å². The van der Waals surface area contributed by atoms with Gasteiger partial charge in [-0.3, -0.25) is 14.6 Å². The predicted octanol–water partition coefficient (Wildman–Crippen LogP) is -0.0937. The highest BCUT2D eigenvalue weighted by atomic mass is 16.5. The van der Waals surface area contributed by atoms with E-state index in [9.17, 15) is 14.4 Å². The van der Waals surface area contributed by atoms with Crippen LogP contribution in [0.25, 0.3) is 0 Å². The molecule has 104 valence electrons. The number of ether oxygens (including phenoxy) is 1. The molecule has 0 unspecified atom stereocenters. The maximum atomic E-state index is 11.9. The molecule has 1 heterocycles. The molecule has 0 aliphatic heterocycles. The molecule has 0 saturated heterocycles. The van der Waals surface area contributed by atoms with E-state index in [0.717, 1.165) is 6.07 Å². The van der Waals surface area contributed by atoms with Gasteiger partial charge in [0.25, 0.3) is 11.5 Å². The third-order valence-corrected chi connectivity index (χ3v) is 2.49. The van der Waals surface area contributed by atoms with Crippen molar-refractivity contribution in [2.45, 2.75) is 0 Å². The van der Waals surface area contributed by atoms with Crippen LogP contribution in [0, 0.1) is 0 Å². The average Bonchev–Trinajstić information content (AvgIpc) is 2.37. The van der Waals surface area contributed by atoms with Crippen molar-refractivity contribution in [3.8, 4) is 5.75 Å². The van der Waals surface area contributed by atoms with E-state index in [-0.39, 0.29) is 5.69 Å². The molecule has 0 aliphatic rings. The molecule has 0 atom stereocenters. The van der Waals surface area contributed by atoms with Crippen LogP contribution in [0.2, 0.25) is 0 Å². The zero-order chi connectivity index (χ0) is 14.7. The second kappa shape index (κ2) is 5.31. The van der Waals surface area contributed by atoms with Gasteiger partial charge in [0.2, 0.25) is 0 Å². The van der Waals surface area contributed by atoms with E-state index >= 15 is 0 Å². The second-order valence-electron chi connectivity index (χ2n) is 3.91. The molecule has 1 aromatic heterocycles. The number of nitrogen functional groups attached to an aromatic ring is 1. The number of methoxy groups -OCH3 is 1. The fourth-order valence-corrected chi connectivity index (χ4v) is 1.60. The van der Waals surface area contributed by atoms with Gasteiger partial charge in [-0.1, -0.05) is 0 Å². The maximum absolute atomic E-state index is 11.9. The second-order valence-corrected chi connectivity index (χ2v) is 3.91. The number of benzene rings is 1. The van der Waals surface area contributed by atoms with Crippen molar-refractivity contribution in [2.75, 3.05) is 18.2 Å². The number of aromatic amines is 2. The number of hydrogen-bond acceptors (Lipinski definition) is 5. The Morgan fingerprint density at radius 1 is 1.25 bits per heavy atom. The Labute approximate surface area is 112 Å². The summed E-state index contributed by atoms with van der Waals surface area (Å²) in [5, 5.41) is 2.51. The number of hydrogen-bond donors (Lipinski definition) is 4. The largest absolute Gasteiger partial charge is 0.495 e. The number of nitrogens with one attached hydrogen (secondary N) is 3. The molecule has 8 nitrogen and oxygen atoms in total. The molecule has 20 heavy (non-hydrogen) atoms. The highest BCUT2D eigenvalue weighted by Crippen LogP contribution is 2.24. The van der Waals surface area contributed by atoms with Gasteiger partial charge in [-0.2, -0.15) is 0 Å². The summed E-state index contributed by atoms with van der Waals surface area (Å²) < 4.78 is 4.99. The first kappa shape index (κ1) is 13.4. The first-order chi connectivity index (χ1) is 9.49. The fraction of sp³-hybridized carbons (Fsp3) is 0.0833. The van der Waals surface area contributed by atoms with E-state index in [0.29, 0.717) is 17.1 Å². The third-order valence-electron chi connectivity index (χ3n) is 2.49. The number of anilines is 2. The van der Waals surface area contributed by atoms with Crippen molar-refractivity contribution >= 4 is 17.3 Å². The summed E-state index contributed by atoms with van der Waals surface area (Å²) in [6, 6.07) is 5.66. The predicted molar refractivity (Wildman–Crippen MR) is 73.0 cm³/mol. The van der Waals surface area contributed by atoms with Crippen LogP contribution in [-0.4, -0.2) is 23.0 Å². The molecular formula is C12H12N4O4. The average molecular weight is 276 g/mol. The Morgan fingerprint density at radius 3 is 2.60 bits per heavy atom. The topological polar surface area (TPSA) is 130 Å². The minimum absolute atomic E-state index is 0.145. The van der Waals surface area contributed by atoms with Gasteiger partial charge in [0.1, 0.15) is 11.4 Å². The van der Waals surface area contributed by atoms with Gasteiger partial charge in [0.15, 0.2) is 0 Å². The summed E-state index contributed by atoms with van der Waals surface area (Å²) in [6.45, 7) is 0. The lowest BCUT2D eigenvalue weighted by atomic mass is 10.2. The van der Waals surface area contributed by atoms with Crippen molar-refractivity contribution < 1.29 is 9.53 Å². The van der Waals surface area contributed by atoms with Gasteiger partial charge in [-0.05, 0) is 18.2 Å². The molecule has 1 amide bonds. The lowest BCUT2D eigenvalue weighted by Crippen LogP contribution is -2.27. The lowest BCUT2D eigenvalue weighted by molar-refractivity contribution is 0.102. The molecule has 0 aliphatic carbocycles. The number of nitrogens with two attached hydrogens (primary N) is 1. The van der Waals surface area contributed by atoms with Crippen molar-refractivity contribution in [1.82, 2.24) is 9.97 Å². The first-order valence-electron chi connectivity index (χ1n) is 5.58. The van der Waals surface area contributed by atoms with Gasteiger partial charge in [0, 0.05) is 11.8 Å². The maximum Gasteiger partial charge on any atom is 0.326 e. The van der Waals surface area contributed by atoms with Crippen LogP contribution >= 0.6 is 0 Å². The smallest absolute Gasteiger partial charge is 0.326 e. The van der Waals surface area contributed by atoms with Gasteiger partial charge < -0.3 is 20.8 Å². The van der Waals surface area contributed by atoms with Crippen molar-refractivity contribution in [3.63, 3.8) is 0 Å². The van der Waals surface area contributed by atoms with Crippen molar-refractivity contribution in [3.05, 3.63) is 50.8 Å². The van der Waals surface area contributed by atoms with Gasteiger partial charge >= 0.3 is 5.69 Å². The summed E-state index contributed by atoms with van der Waals surface area (Å²) in [5.74, 6) is -0.148. The van der Waals surface area contributed by atoms with Crippen LogP contribution in [0.3, 0.4) is 0 Å². The Bertz CT molecular complexity index is 734. The minimum Gasteiger partial charge on any atom is -0.495 e. The van der Waals surface area contributed by atoms with Crippen LogP contribution in [-0.2, 0) is 0 Å². The zero-order valence-corrected chi connectivity index (χ0v) is 10.5. The summed E-state index contributed by atoms with van der Waals surface area (Å²) in [4.78, 5) is 38.3. The monoisotopic (exact) mass is 276 g/mol. The Balaban J connectivity index is 2.25. The summed E-state index contributed by atoms with van der Waals surface area (Å²) in [6.07, 6.45) is 0. The number of aromatic nitrogens is 2. The number of carbonyl (C=O) groups excluding carboxylic acids is 1. The van der Waals surface area contributed by atoms with Crippen molar-refractivity contribution in [2.24, 2.45) is 0 Å². The zero-order valence-electron chi connectivity index (χ0n) is 10.5. The van der Waals surface area contributed by atoms with Crippen LogP contribution < -0.4 is 27.0 Å². The molecule has 0 radical (unpaired) electrons. The lowest BCUT2D eigenvalue weighted by Gasteiger charge is -2.08. The van der Waals surface area contributed by atoms with Crippen molar-refractivity contribution in [1.29, 1.82) is 0 Å². The first-order valence-corrected chi connectivity index (χ1v) is 5.58. The van der Waals surface area contributed by atoms with Crippen LogP contribution in [0.15, 0.2) is 33.9 Å². The van der Waals surface area contributed by atoms with E-state index in [2.05, 4.69) is 10.3 Å². The van der Waals surface area contributed by atoms with E-state index in [4.69, 9.17) is 10.5 Å². The summed E-state index contributed by atoms with van der Waals surface area (Å²) in [7, 11) is 1.48. The molecule has 2 rings (SSSR count). The van der Waals surface area contributed by atoms with Crippen LogP contribution in [0.1, 0.15) is 10.5 Å². The Kier molecular flexibility index (Phi) is 3.56. The molecule has 1 aromatic carbocycles. The van der Waals surface area contributed by atoms with Gasteiger partial charge in [-0.25, -0.2) is 4.79 Å². The van der Waals surface area contributed by atoms with Gasteiger partial charge in [0.05, 0.1) is 12.8 Å². The Hall–Kier alpha value is -3.03. The number of rotatable bonds is 3. The molecule has 2 aromatic rings. The van der Waals surface area contributed by atoms with Gasteiger partial charge in [-0.15, -0.1) is 0 Å². The third kappa shape index (κ3) is 2.86. The molecular weight excluding hydrogens is 264 g/mol. The number of carbonyl (C=O) groups is 1. The molecule has 0 bridgehead atoms. The summed E-state index contributed by atoms with van der Waals surface area (Å²) >= 11 is 0. The standard InChI is InChI=1S/C12H12N4O4/c1-20-9-3-2-6(4-7(9)13)14-11(18)8-5-10(17)16-12(19)15-8/h2-5H,13H2,1H3,(H,14,18)(H2,15,16,17,19). The SMILES string of the molecule is COc1ccc(NC(=O)c2cc(=O)[nH]c(=O)[nH]2)cc1N.